The first-order valence-electron chi connectivity index (χ1n) is 3.49. The van der Waals surface area contributed by atoms with Crippen LogP contribution in [-0.4, -0.2) is 46.9 Å². The molecule has 14 heavy (non-hydrogen) atoms. The molecule has 0 radical (unpaired) electrons. The summed E-state index contributed by atoms with van der Waals surface area (Å²) in [5.41, 5.74) is 0. The summed E-state index contributed by atoms with van der Waals surface area (Å²) in [6, 6.07) is 0. The van der Waals surface area contributed by atoms with Gasteiger partial charge in [0.1, 0.15) is 0 Å². The maximum atomic E-state index is 11.8. The van der Waals surface area contributed by atoms with E-state index in [-0.39, 0.29) is 13.1 Å². The molecule has 5 nitrogen and oxygen atoms in total. The van der Waals surface area contributed by atoms with Gasteiger partial charge in [0.2, 0.25) is 8.53 Å². The molecule has 0 bridgehead atoms. The SMILES string of the molecule is CN(CCNP(O)O)C(=O)C(F)(F)F. The third kappa shape index (κ3) is 5.33. The number of nitrogens with zero attached hydrogens (tertiary/aromatic N) is 1. The summed E-state index contributed by atoms with van der Waals surface area (Å²) in [6.45, 7) is -0.366. The van der Waals surface area contributed by atoms with E-state index in [0.29, 0.717) is 4.90 Å². The summed E-state index contributed by atoms with van der Waals surface area (Å²) < 4.78 is 35.3. The van der Waals surface area contributed by atoms with Crippen molar-refractivity contribution in [3.05, 3.63) is 0 Å². The summed E-state index contributed by atoms with van der Waals surface area (Å²) in [7, 11) is -1.37. The van der Waals surface area contributed by atoms with E-state index in [1.54, 1.807) is 0 Å². The zero-order valence-electron chi connectivity index (χ0n) is 7.25. The minimum absolute atomic E-state index is 0.114. The quantitative estimate of drug-likeness (QED) is 0.589. The molecule has 9 heteroatoms. The summed E-state index contributed by atoms with van der Waals surface area (Å²) in [5, 5.41) is 2.10. The van der Waals surface area contributed by atoms with Crippen molar-refractivity contribution in [3.8, 4) is 0 Å². The minimum atomic E-state index is -4.89. The smallest absolute Gasteiger partial charge is 0.338 e. The molecule has 0 rings (SSSR count). The fraction of sp³-hybridized carbons (Fsp3) is 0.800. The summed E-state index contributed by atoms with van der Waals surface area (Å²) >= 11 is 0. The predicted octanol–water partition coefficient (Wildman–Crippen LogP) is -0.192. The molecule has 0 aromatic heterocycles. The van der Waals surface area contributed by atoms with Crippen molar-refractivity contribution >= 4 is 14.4 Å². The number of rotatable bonds is 4. The third-order valence-corrected chi connectivity index (χ3v) is 1.80. The van der Waals surface area contributed by atoms with Crippen LogP contribution in [-0.2, 0) is 4.79 Å². The van der Waals surface area contributed by atoms with Crippen molar-refractivity contribution in [2.75, 3.05) is 20.1 Å². The molecule has 1 amide bonds. The number of hydrogen-bond donors (Lipinski definition) is 3. The Balaban J connectivity index is 3.86. The normalized spacial score (nSPS) is 11.9. The Morgan fingerprint density at radius 2 is 2.00 bits per heavy atom. The number of amides is 1. The Morgan fingerprint density at radius 1 is 1.50 bits per heavy atom. The maximum absolute atomic E-state index is 11.8. The molecule has 0 fully saturated rings. The standard InChI is InChI=1S/C5H10F3N2O3P/c1-10(3-2-9-14(12)13)4(11)5(6,7)8/h9,12-13H,2-3H2,1H3. The van der Waals surface area contributed by atoms with Crippen molar-refractivity contribution in [3.63, 3.8) is 0 Å². The van der Waals surface area contributed by atoms with Gasteiger partial charge in [-0.1, -0.05) is 0 Å². The van der Waals surface area contributed by atoms with E-state index < -0.39 is 20.6 Å². The highest BCUT2D eigenvalue weighted by atomic mass is 31.2. The highest BCUT2D eigenvalue weighted by Crippen LogP contribution is 2.18. The second-order valence-corrected chi connectivity index (χ2v) is 3.32. The van der Waals surface area contributed by atoms with E-state index in [9.17, 15) is 18.0 Å². The molecule has 0 aliphatic heterocycles. The van der Waals surface area contributed by atoms with Crippen molar-refractivity contribution in [1.29, 1.82) is 0 Å². The van der Waals surface area contributed by atoms with Crippen LogP contribution >= 0.6 is 8.53 Å². The van der Waals surface area contributed by atoms with Gasteiger partial charge in [-0.05, 0) is 0 Å². The van der Waals surface area contributed by atoms with E-state index in [1.807, 2.05) is 0 Å². The molecule has 3 N–H and O–H groups in total. The molecule has 0 saturated heterocycles. The van der Waals surface area contributed by atoms with Crippen LogP contribution in [0.4, 0.5) is 13.2 Å². The van der Waals surface area contributed by atoms with Gasteiger partial charge >= 0.3 is 12.1 Å². The Morgan fingerprint density at radius 3 is 2.36 bits per heavy atom. The van der Waals surface area contributed by atoms with Gasteiger partial charge in [0.15, 0.2) is 0 Å². The van der Waals surface area contributed by atoms with Gasteiger partial charge in [-0.3, -0.25) is 4.79 Å². The topological polar surface area (TPSA) is 72.8 Å². The van der Waals surface area contributed by atoms with Crippen LogP contribution < -0.4 is 5.09 Å². The number of halogens is 3. The third-order valence-electron chi connectivity index (χ3n) is 1.29. The zero-order valence-corrected chi connectivity index (χ0v) is 8.14. The number of carbonyl (C=O) groups is 1. The molecule has 0 saturated carbocycles. The Labute approximate surface area is 79.5 Å². The zero-order chi connectivity index (χ0) is 11.4. The van der Waals surface area contributed by atoms with Crippen molar-refractivity contribution in [2.45, 2.75) is 6.18 Å². The van der Waals surface area contributed by atoms with Crippen LogP contribution in [0.25, 0.3) is 0 Å². The van der Waals surface area contributed by atoms with Crippen molar-refractivity contribution in [2.24, 2.45) is 0 Å². The van der Waals surface area contributed by atoms with Gasteiger partial charge in [0, 0.05) is 20.1 Å². The lowest BCUT2D eigenvalue weighted by Crippen LogP contribution is -2.41. The highest BCUT2D eigenvalue weighted by Gasteiger charge is 2.40. The van der Waals surface area contributed by atoms with E-state index in [2.05, 4.69) is 5.09 Å². The first-order chi connectivity index (χ1) is 6.25. The van der Waals surface area contributed by atoms with Crippen LogP contribution in [0.5, 0.6) is 0 Å². The monoisotopic (exact) mass is 234 g/mol. The fourth-order valence-corrected chi connectivity index (χ4v) is 0.936. The molecule has 0 aromatic carbocycles. The molecular weight excluding hydrogens is 224 g/mol. The van der Waals surface area contributed by atoms with E-state index in [4.69, 9.17) is 9.79 Å². The Hall–Kier alpha value is -0.430. The number of likely N-dealkylation sites (N-methyl/N-ethyl adjacent to an activating group) is 1. The molecule has 0 unspecified atom stereocenters. The summed E-state index contributed by atoms with van der Waals surface area (Å²) in [4.78, 5) is 27.6. The number of nitrogens with one attached hydrogen (secondary N) is 1. The largest absolute Gasteiger partial charge is 0.471 e. The molecule has 0 aliphatic carbocycles. The van der Waals surface area contributed by atoms with Crippen LogP contribution in [0, 0.1) is 0 Å². The van der Waals surface area contributed by atoms with Crippen LogP contribution in [0.15, 0.2) is 0 Å². The summed E-state index contributed by atoms with van der Waals surface area (Å²) in [5.74, 6) is -1.96. The predicted molar refractivity (Wildman–Crippen MR) is 43.1 cm³/mol. The second-order valence-electron chi connectivity index (χ2n) is 2.42. The first-order valence-corrected chi connectivity index (χ1v) is 4.73. The molecule has 0 aromatic rings. The lowest BCUT2D eigenvalue weighted by molar-refractivity contribution is -0.183. The molecule has 0 heterocycles. The number of alkyl halides is 3. The average molecular weight is 234 g/mol. The Bertz CT molecular complexity index is 199. The van der Waals surface area contributed by atoms with E-state index in [1.165, 1.54) is 0 Å². The van der Waals surface area contributed by atoms with Crippen LogP contribution in [0.3, 0.4) is 0 Å². The van der Waals surface area contributed by atoms with Crippen LogP contribution in [0.2, 0.25) is 0 Å². The lowest BCUT2D eigenvalue weighted by atomic mass is 10.5. The van der Waals surface area contributed by atoms with Gasteiger partial charge in [0.05, 0.1) is 0 Å². The van der Waals surface area contributed by atoms with E-state index >= 15 is 0 Å². The van der Waals surface area contributed by atoms with Crippen molar-refractivity contribution < 1.29 is 27.8 Å². The van der Waals surface area contributed by atoms with E-state index in [0.717, 1.165) is 7.05 Å². The van der Waals surface area contributed by atoms with Gasteiger partial charge in [-0.25, -0.2) is 5.09 Å². The lowest BCUT2D eigenvalue weighted by Gasteiger charge is -2.18. The summed E-state index contributed by atoms with van der Waals surface area (Å²) in [6.07, 6.45) is -4.89. The molecular formula is C5H10F3N2O3P. The highest BCUT2D eigenvalue weighted by molar-refractivity contribution is 7.42. The average Bonchev–Trinajstić information content (AvgIpc) is 2.00. The van der Waals surface area contributed by atoms with Gasteiger partial charge in [-0.15, -0.1) is 0 Å². The number of hydrogen-bond acceptors (Lipinski definition) is 4. The second kappa shape index (κ2) is 5.45. The fourth-order valence-electron chi connectivity index (χ4n) is 0.636. The maximum Gasteiger partial charge on any atom is 0.471 e. The number of carbonyl (C=O) groups excluding carboxylic acids is 1. The molecule has 0 aliphatic rings. The van der Waals surface area contributed by atoms with Crippen molar-refractivity contribution in [1.82, 2.24) is 9.99 Å². The Kier molecular flexibility index (Phi) is 5.28. The first kappa shape index (κ1) is 13.6. The van der Waals surface area contributed by atoms with Gasteiger partial charge in [-0.2, -0.15) is 13.2 Å². The molecule has 0 atom stereocenters. The van der Waals surface area contributed by atoms with Gasteiger partial charge < -0.3 is 14.7 Å². The minimum Gasteiger partial charge on any atom is -0.338 e. The van der Waals surface area contributed by atoms with Gasteiger partial charge in [0.25, 0.3) is 0 Å². The molecule has 0 spiro atoms. The molecule has 84 valence electrons. The van der Waals surface area contributed by atoms with Crippen LogP contribution in [0.1, 0.15) is 0 Å².